The van der Waals surface area contributed by atoms with Crippen LogP contribution in [0.4, 0.5) is 0 Å². The first kappa shape index (κ1) is 11.2. The average Bonchev–Trinajstić information content (AvgIpc) is 2.80. The molecular weight excluding hydrogens is 220 g/mol. The zero-order chi connectivity index (χ0) is 11.4. The first-order valence-electron chi connectivity index (χ1n) is 5.17. The Morgan fingerprint density at radius 1 is 1.25 bits per heavy atom. The molecule has 0 unspecified atom stereocenters. The summed E-state index contributed by atoms with van der Waals surface area (Å²) in [5, 5.41) is 13.5. The van der Waals surface area contributed by atoms with Crippen molar-refractivity contribution in [1.29, 1.82) is 0 Å². The van der Waals surface area contributed by atoms with Crippen molar-refractivity contribution in [2.24, 2.45) is 0 Å². The molecule has 2 aromatic rings. The van der Waals surface area contributed by atoms with E-state index in [2.05, 4.69) is 11.4 Å². The molecule has 2 rings (SSSR count). The van der Waals surface area contributed by atoms with E-state index in [9.17, 15) is 5.11 Å². The minimum absolute atomic E-state index is 0.425. The minimum atomic E-state index is -0.425. The third-order valence-electron chi connectivity index (χ3n) is 2.35. The SMILES string of the molecule is C[C@H](O)c1ccc(OCc2ccsc2)cc1. The maximum atomic E-state index is 9.36. The second-order valence-electron chi connectivity index (χ2n) is 3.67. The highest BCUT2D eigenvalue weighted by Crippen LogP contribution is 2.18. The number of hydrogen-bond donors (Lipinski definition) is 1. The van der Waals surface area contributed by atoms with Gasteiger partial charge in [-0.15, -0.1) is 0 Å². The quantitative estimate of drug-likeness (QED) is 0.878. The molecule has 0 radical (unpaired) electrons. The largest absolute Gasteiger partial charge is 0.489 e. The fourth-order valence-electron chi connectivity index (χ4n) is 1.38. The first-order valence-corrected chi connectivity index (χ1v) is 6.12. The summed E-state index contributed by atoms with van der Waals surface area (Å²) >= 11 is 1.67. The molecule has 0 bridgehead atoms. The molecule has 0 saturated carbocycles. The van der Waals surface area contributed by atoms with Gasteiger partial charge in [-0.05, 0) is 47.0 Å². The second kappa shape index (κ2) is 5.14. The highest BCUT2D eigenvalue weighted by Gasteiger charge is 2.01. The van der Waals surface area contributed by atoms with Crippen LogP contribution in [-0.4, -0.2) is 5.11 Å². The number of aliphatic hydroxyl groups excluding tert-OH is 1. The number of ether oxygens (including phenoxy) is 1. The summed E-state index contributed by atoms with van der Waals surface area (Å²) in [5.74, 6) is 0.829. The van der Waals surface area contributed by atoms with Gasteiger partial charge in [-0.1, -0.05) is 12.1 Å². The molecule has 0 aliphatic carbocycles. The monoisotopic (exact) mass is 234 g/mol. The van der Waals surface area contributed by atoms with Crippen LogP contribution in [0.1, 0.15) is 24.2 Å². The highest BCUT2D eigenvalue weighted by atomic mass is 32.1. The van der Waals surface area contributed by atoms with Crippen molar-refractivity contribution in [3.05, 3.63) is 52.2 Å². The number of rotatable bonds is 4. The van der Waals surface area contributed by atoms with E-state index in [1.807, 2.05) is 29.6 Å². The van der Waals surface area contributed by atoms with Crippen LogP contribution < -0.4 is 4.74 Å². The molecule has 0 fully saturated rings. The third-order valence-corrected chi connectivity index (χ3v) is 3.08. The minimum Gasteiger partial charge on any atom is -0.489 e. The lowest BCUT2D eigenvalue weighted by Gasteiger charge is -2.07. The molecule has 84 valence electrons. The molecule has 0 saturated heterocycles. The van der Waals surface area contributed by atoms with Crippen LogP contribution in [0.2, 0.25) is 0 Å². The van der Waals surface area contributed by atoms with Crippen molar-refractivity contribution in [3.8, 4) is 5.75 Å². The molecule has 1 aromatic heterocycles. The Morgan fingerprint density at radius 2 is 2.00 bits per heavy atom. The molecule has 16 heavy (non-hydrogen) atoms. The Hall–Kier alpha value is -1.32. The Morgan fingerprint density at radius 3 is 2.56 bits per heavy atom. The maximum Gasteiger partial charge on any atom is 0.119 e. The van der Waals surface area contributed by atoms with Gasteiger partial charge in [0.25, 0.3) is 0 Å². The van der Waals surface area contributed by atoms with Crippen LogP contribution >= 0.6 is 11.3 Å². The van der Waals surface area contributed by atoms with E-state index in [-0.39, 0.29) is 0 Å². The number of benzene rings is 1. The topological polar surface area (TPSA) is 29.5 Å². The first-order chi connectivity index (χ1) is 7.75. The number of aliphatic hydroxyl groups is 1. The smallest absolute Gasteiger partial charge is 0.119 e. The van der Waals surface area contributed by atoms with Gasteiger partial charge in [0.05, 0.1) is 6.10 Å². The van der Waals surface area contributed by atoms with Gasteiger partial charge < -0.3 is 9.84 Å². The zero-order valence-corrected chi connectivity index (χ0v) is 9.91. The Balaban J connectivity index is 1.95. The second-order valence-corrected chi connectivity index (χ2v) is 4.45. The van der Waals surface area contributed by atoms with E-state index in [4.69, 9.17) is 4.74 Å². The van der Waals surface area contributed by atoms with Crippen molar-refractivity contribution >= 4 is 11.3 Å². The average molecular weight is 234 g/mol. The van der Waals surface area contributed by atoms with Gasteiger partial charge in [0, 0.05) is 0 Å². The van der Waals surface area contributed by atoms with Crippen LogP contribution in [0.15, 0.2) is 41.1 Å². The molecular formula is C13H14O2S. The Kier molecular flexibility index (Phi) is 3.59. The summed E-state index contributed by atoms with van der Waals surface area (Å²) < 4.78 is 5.61. The fraction of sp³-hybridized carbons (Fsp3) is 0.231. The van der Waals surface area contributed by atoms with Crippen LogP contribution in [0.3, 0.4) is 0 Å². The van der Waals surface area contributed by atoms with E-state index in [0.717, 1.165) is 11.3 Å². The van der Waals surface area contributed by atoms with Gasteiger partial charge in [-0.3, -0.25) is 0 Å². The standard InChI is InChI=1S/C13H14O2S/c1-10(14)12-2-4-13(5-3-12)15-8-11-6-7-16-9-11/h2-7,9-10,14H,8H2,1H3/t10-/m0/s1. The highest BCUT2D eigenvalue weighted by molar-refractivity contribution is 7.07. The predicted octanol–water partition coefficient (Wildman–Crippen LogP) is 3.38. The van der Waals surface area contributed by atoms with Crippen LogP contribution in [-0.2, 0) is 6.61 Å². The van der Waals surface area contributed by atoms with Crippen molar-refractivity contribution in [1.82, 2.24) is 0 Å². The summed E-state index contributed by atoms with van der Waals surface area (Å²) in [6, 6.07) is 9.58. The number of thiophene rings is 1. The molecule has 1 atom stereocenters. The zero-order valence-electron chi connectivity index (χ0n) is 9.09. The summed E-state index contributed by atoms with van der Waals surface area (Å²) in [4.78, 5) is 0. The lowest BCUT2D eigenvalue weighted by Crippen LogP contribution is -1.95. The number of hydrogen-bond acceptors (Lipinski definition) is 3. The third kappa shape index (κ3) is 2.84. The van der Waals surface area contributed by atoms with Gasteiger partial charge in [-0.25, -0.2) is 0 Å². The van der Waals surface area contributed by atoms with Gasteiger partial charge in [-0.2, -0.15) is 11.3 Å². The predicted molar refractivity (Wildman–Crippen MR) is 65.7 cm³/mol. The van der Waals surface area contributed by atoms with Crippen molar-refractivity contribution in [3.63, 3.8) is 0 Å². The van der Waals surface area contributed by atoms with Gasteiger partial charge in [0.1, 0.15) is 12.4 Å². The van der Waals surface area contributed by atoms with E-state index in [1.165, 1.54) is 5.56 Å². The van der Waals surface area contributed by atoms with E-state index in [0.29, 0.717) is 6.61 Å². The van der Waals surface area contributed by atoms with E-state index in [1.54, 1.807) is 18.3 Å². The summed E-state index contributed by atoms with van der Waals surface area (Å²) in [5.41, 5.74) is 2.09. The summed E-state index contributed by atoms with van der Waals surface area (Å²) in [6.45, 7) is 2.35. The van der Waals surface area contributed by atoms with Crippen molar-refractivity contribution in [2.75, 3.05) is 0 Å². The van der Waals surface area contributed by atoms with Crippen LogP contribution in [0.25, 0.3) is 0 Å². The fourth-order valence-corrected chi connectivity index (χ4v) is 2.04. The summed E-state index contributed by atoms with van der Waals surface area (Å²) in [6.07, 6.45) is -0.425. The van der Waals surface area contributed by atoms with Gasteiger partial charge in [0.15, 0.2) is 0 Å². The molecule has 1 aromatic carbocycles. The Bertz CT molecular complexity index is 418. The Labute approximate surface area is 99.1 Å². The molecule has 3 heteroatoms. The molecule has 1 heterocycles. The van der Waals surface area contributed by atoms with Crippen molar-refractivity contribution < 1.29 is 9.84 Å². The molecule has 2 nitrogen and oxygen atoms in total. The van der Waals surface area contributed by atoms with Crippen molar-refractivity contribution in [2.45, 2.75) is 19.6 Å². The van der Waals surface area contributed by atoms with Crippen LogP contribution in [0.5, 0.6) is 5.75 Å². The molecule has 0 aliphatic heterocycles. The normalized spacial score (nSPS) is 12.4. The molecule has 1 N–H and O–H groups in total. The molecule has 0 spiro atoms. The van der Waals surface area contributed by atoms with E-state index < -0.39 is 6.10 Å². The van der Waals surface area contributed by atoms with E-state index >= 15 is 0 Å². The van der Waals surface area contributed by atoms with Gasteiger partial charge in [0.2, 0.25) is 0 Å². The van der Waals surface area contributed by atoms with Crippen LogP contribution in [0, 0.1) is 0 Å². The lowest BCUT2D eigenvalue weighted by atomic mass is 10.1. The molecule has 0 aliphatic rings. The lowest BCUT2D eigenvalue weighted by molar-refractivity contribution is 0.199. The van der Waals surface area contributed by atoms with Gasteiger partial charge >= 0.3 is 0 Å². The molecule has 0 amide bonds. The summed E-state index contributed by atoms with van der Waals surface area (Å²) in [7, 11) is 0. The maximum absolute atomic E-state index is 9.36.